The van der Waals surface area contributed by atoms with Gasteiger partial charge in [-0.1, -0.05) is 89.1 Å². The van der Waals surface area contributed by atoms with Gasteiger partial charge in [-0.3, -0.25) is 0 Å². The summed E-state index contributed by atoms with van der Waals surface area (Å²) in [4.78, 5) is 0. The molecular formula is C21H26. The van der Waals surface area contributed by atoms with Crippen molar-refractivity contribution in [3.63, 3.8) is 0 Å². The van der Waals surface area contributed by atoms with E-state index in [0.717, 1.165) is 0 Å². The third kappa shape index (κ3) is 1.96. The predicted molar refractivity (Wildman–Crippen MR) is 91.6 cm³/mol. The quantitative estimate of drug-likeness (QED) is 0.628. The van der Waals surface area contributed by atoms with Crippen LogP contribution < -0.4 is 0 Å². The fraction of sp³-hybridized carbons (Fsp3) is 0.429. The summed E-state index contributed by atoms with van der Waals surface area (Å²) >= 11 is 0. The van der Waals surface area contributed by atoms with Gasteiger partial charge in [-0.25, -0.2) is 0 Å². The van der Waals surface area contributed by atoms with E-state index in [9.17, 15) is 0 Å². The van der Waals surface area contributed by atoms with Crippen LogP contribution in [0.25, 0.3) is 11.1 Å². The van der Waals surface area contributed by atoms with Crippen LogP contribution in [0.1, 0.15) is 58.1 Å². The molecule has 0 saturated carbocycles. The third-order valence-corrected chi connectivity index (χ3v) is 5.25. The molecule has 2 aromatic carbocycles. The maximum atomic E-state index is 2.40. The van der Waals surface area contributed by atoms with E-state index in [2.05, 4.69) is 76.2 Å². The minimum absolute atomic E-state index is 0.149. The van der Waals surface area contributed by atoms with E-state index in [4.69, 9.17) is 0 Å². The van der Waals surface area contributed by atoms with E-state index in [1.54, 1.807) is 0 Å². The zero-order valence-electron chi connectivity index (χ0n) is 13.7. The van der Waals surface area contributed by atoms with Gasteiger partial charge in [-0.05, 0) is 34.1 Å². The van der Waals surface area contributed by atoms with Gasteiger partial charge in [0.2, 0.25) is 0 Å². The summed E-state index contributed by atoms with van der Waals surface area (Å²) in [5.41, 5.74) is 6.32. The van der Waals surface area contributed by atoms with Gasteiger partial charge < -0.3 is 0 Å². The first-order valence-electron chi connectivity index (χ1n) is 8.22. The molecule has 1 aliphatic rings. The maximum Gasteiger partial charge on any atom is 0.0263 e. The van der Waals surface area contributed by atoms with Gasteiger partial charge in [-0.15, -0.1) is 0 Å². The normalized spacial score (nSPS) is 15.6. The number of rotatable bonds is 3. The van der Waals surface area contributed by atoms with Crippen molar-refractivity contribution in [1.29, 1.82) is 0 Å². The highest BCUT2D eigenvalue weighted by Gasteiger charge is 2.49. The number of benzene rings is 2. The van der Waals surface area contributed by atoms with E-state index in [1.807, 2.05) is 0 Å². The van der Waals surface area contributed by atoms with Crippen molar-refractivity contribution in [2.75, 3.05) is 0 Å². The van der Waals surface area contributed by atoms with Gasteiger partial charge in [0.25, 0.3) is 0 Å². The molecule has 0 heterocycles. The largest absolute Gasteiger partial charge is 0.0654 e. The van der Waals surface area contributed by atoms with Gasteiger partial charge in [0.1, 0.15) is 0 Å². The molecule has 0 nitrogen and oxygen atoms in total. The molecule has 0 fully saturated rings. The van der Waals surface area contributed by atoms with Gasteiger partial charge in [-0.2, -0.15) is 0 Å². The van der Waals surface area contributed by atoms with Crippen molar-refractivity contribution in [1.82, 2.24) is 0 Å². The predicted octanol–water partition coefficient (Wildman–Crippen LogP) is 6.19. The van der Waals surface area contributed by atoms with Crippen molar-refractivity contribution in [3.05, 3.63) is 59.7 Å². The van der Waals surface area contributed by atoms with Crippen molar-refractivity contribution >= 4 is 0 Å². The summed E-state index contributed by atoms with van der Waals surface area (Å²) in [5.74, 6) is 0. The Kier molecular flexibility index (Phi) is 3.43. The van der Waals surface area contributed by atoms with E-state index in [-0.39, 0.29) is 10.8 Å². The molecular weight excluding hydrogens is 252 g/mol. The summed E-state index contributed by atoms with van der Waals surface area (Å²) in [7, 11) is 0. The van der Waals surface area contributed by atoms with Crippen molar-refractivity contribution in [2.45, 2.75) is 52.4 Å². The van der Waals surface area contributed by atoms with Gasteiger partial charge in [0.05, 0.1) is 0 Å². The van der Waals surface area contributed by atoms with Crippen LogP contribution in [0.4, 0.5) is 0 Å². The zero-order chi connectivity index (χ0) is 15.1. The molecule has 0 radical (unpaired) electrons. The van der Waals surface area contributed by atoms with Crippen LogP contribution in [0, 0.1) is 5.41 Å². The standard InChI is InChI=1S/C21H26/c1-5-6-15-21(20(2,3)4)18-13-9-7-11-16(18)17-12-8-10-14-19(17)21/h7-14H,5-6,15H2,1-4H3. The fourth-order valence-electron chi connectivity index (χ4n) is 4.22. The first kappa shape index (κ1) is 14.4. The Morgan fingerprint density at radius 3 is 1.71 bits per heavy atom. The van der Waals surface area contributed by atoms with E-state index in [1.165, 1.54) is 41.5 Å². The van der Waals surface area contributed by atoms with Crippen LogP contribution in [-0.2, 0) is 5.41 Å². The van der Waals surface area contributed by atoms with E-state index < -0.39 is 0 Å². The molecule has 0 unspecified atom stereocenters. The second-order valence-electron chi connectivity index (χ2n) is 7.35. The van der Waals surface area contributed by atoms with Crippen LogP contribution in [0.3, 0.4) is 0 Å². The third-order valence-electron chi connectivity index (χ3n) is 5.25. The van der Waals surface area contributed by atoms with Crippen molar-refractivity contribution < 1.29 is 0 Å². The lowest BCUT2D eigenvalue weighted by Crippen LogP contribution is -2.39. The Morgan fingerprint density at radius 1 is 0.810 bits per heavy atom. The molecule has 1 aliphatic carbocycles. The van der Waals surface area contributed by atoms with Crippen LogP contribution in [-0.4, -0.2) is 0 Å². The second kappa shape index (κ2) is 5.02. The SMILES string of the molecule is CCCCC1(C(C)(C)C)c2ccccc2-c2ccccc21. The van der Waals surface area contributed by atoms with E-state index >= 15 is 0 Å². The molecule has 0 amide bonds. The van der Waals surface area contributed by atoms with Crippen LogP contribution in [0.2, 0.25) is 0 Å². The molecule has 0 spiro atoms. The molecule has 2 aromatic rings. The highest BCUT2D eigenvalue weighted by molar-refractivity contribution is 5.81. The highest BCUT2D eigenvalue weighted by Crippen LogP contribution is 2.59. The number of fused-ring (bicyclic) bond motifs is 3. The summed E-state index contributed by atoms with van der Waals surface area (Å²) in [6.07, 6.45) is 3.77. The summed E-state index contributed by atoms with van der Waals surface area (Å²) in [6, 6.07) is 18.1. The lowest BCUT2D eigenvalue weighted by atomic mass is 9.59. The Morgan fingerprint density at radius 2 is 1.29 bits per heavy atom. The topological polar surface area (TPSA) is 0 Å². The Bertz CT molecular complexity index is 598. The second-order valence-corrected chi connectivity index (χ2v) is 7.35. The lowest BCUT2D eigenvalue weighted by molar-refractivity contribution is 0.213. The van der Waals surface area contributed by atoms with Gasteiger partial charge in [0, 0.05) is 5.41 Å². The van der Waals surface area contributed by atoms with Crippen LogP contribution in [0.15, 0.2) is 48.5 Å². The number of hydrogen-bond donors (Lipinski definition) is 0. The molecule has 0 bridgehead atoms. The van der Waals surface area contributed by atoms with Crippen molar-refractivity contribution in [2.24, 2.45) is 5.41 Å². The van der Waals surface area contributed by atoms with Gasteiger partial charge >= 0.3 is 0 Å². The molecule has 0 aromatic heterocycles. The molecule has 3 rings (SSSR count). The number of unbranched alkanes of at least 4 members (excludes halogenated alkanes) is 1. The summed E-state index contributed by atoms with van der Waals surface area (Å²) < 4.78 is 0. The fourth-order valence-corrected chi connectivity index (χ4v) is 4.22. The zero-order valence-corrected chi connectivity index (χ0v) is 13.7. The first-order valence-corrected chi connectivity index (χ1v) is 8.22. The first-order chi connectivity index (χ1) is 10.0. The Balaban J connectivity index is 2.33. The average molecular weight is 278 g/mol. The lowest BCUT2D eigenvalue weighted by Gasteiger charge is -2.44. The highest BCUT2D eigenvalue weighted by atomic mass is 14.5. The average Bonchev–Trinajstić information content (AvgIpc) is 2.76. The van der Waals surface area contributed by atoms with E-state index in [0.29, 0.717) is 0 Å². The Labute approximate surface area is 129 Å². The maximum absolute atomic E-state index is 2.40. The van der Waals surface area contributed by atoms with Crippen LogP contribution >= 0.6 is 0 Å². The molecule has 0 heteroatoms. The minimum atomic E-state index is 0.149. The Hall–Kier alpha value is -1.56. The number of hydrogen-bond acceptors (Lipinski definition) is 0. The summed E-state index contributed by atoms with van der Waals surface area (Å²) in [5, 5.41) is 0. The molecule has 0 N–H and O–H groups in total. The van der Waals surface area contributed by atoms with Crippen molar-refractivity contribution in [3.8, 4) is 11.1 Å². The molecule has 21 heavy (non-hydrogen) atoms. The molecule has 110 valence electrons. The minimum Gasteiger partial charge on any atom is -0.0654 e. The van der Waals surface area contributed by atoms with Gasteiger partial charge in [0.15, 0.2) is 0 Å². The smallest absolute Gasteiger partial charge is 0.0263 e. The molecule has 0 atom stereocenters. The van der Waals surface area contributed by atoms with Crippen LogP contribution in [0.5, 0.6) is 0 Å². The molecule has 0 aliphatic heterocycles. The molecule has 0 saturated heterocycles. The monoisotopic (exact) mass is 278 g/mol. The summed E-state index contributed by atoms with van der Waals surface area (Å²) in [6.45, 7) is 9.51.